The zero-order valence-electron chi connectivity index (χ0n) is 13.9. The van der Waals surface area contributed by atoms with Crippen LogP contribution >= 0.6 is 46.6 Å². The van der Waals surface area contributed by atoms with Crippen molar-refractivity contribution in [2.24, 2.45) is 0 Å². The van der Waals surface area contributed by atoms with E-state index in [1.807, 2.05) is 16.1 Å². The lowest BCUT2D eigenvalue weighted by atomic mass is 10.3. The molecule has 0 spiro atoms. The summed E-state index contributed by atoms with van der Waals surface area (Å²) in [7, 11) is -1.38. The summed E-state index contributed by atoms with van der Waals surface area (Å²) < 4.78 is 14.9. The third kappa shape index (κ3) is 6.37. The van der Waals surface area contributed by atoms with Gasteiger partial charge >= 0.3 is 0 Å². The molecule has 0 saturated heterocycles. The summed E-state index contributed by atoms with van der Waals surface area (Å²) in [6, 6.07) is 12.3. The number of benzene rings is 2. The van der Waals surface area contributed by atoms with Crippen molar-refractivity contribution in [3.05, 3.63) is 57.5 Å². The normalized spacial score (nSPS) is 12.2. The van der Waals surface area contributed by atoms with Crippen molar-refractivity contribution in [3.63, 3.8) is 0 Å². The molecule has 0 aliphatic carbocycles. The Hall–Kier alpha value is -0.390. The van der Waals surface area contributed by atoms with Gasteiger partial charge in [0.05, 0.1) is 15.6 Å². The second kappa shape index (κ2) is 10.7. The fourth-order valence-electron chi connectivity index (χ4n) is 2.25. The van der Waals surface area contributed by atoms with Gasteiger partial charge in [0.15, 0.2) is 11.0 Å². The van der Waals surface area contributed by atoms with Gasteiger partial charge in [-0.25, -0.2) is 4.21 Å². The number of hydrogen-bond donors (Lipinski definition) is 0. The summed E-state index contributed by atoms with van der Waals surface area (Å²) in [5, 5.41) is 1.72. The molecule has 0 saturated carbocycles. The molecule has 2 aromatic rings. The molecule has 0 amide bonds. The number of nitrogens with zero attached hydrogens (tertiary/aromatic N) is 1. The third-order valence-electron chi connectivity index (χ3n) is 3.50. The minimum Gasteiger partial charge on any atom is -0.286 e. The highest BCUT2D eigenvalue weighted by Crippen LogP contribution is 2.32. The fourth-order valence-corrected chi connectivity index (χ4v) is 4.76. The number of thioether (sulfide) groups is 1. The molecule has 0 heterocycles. The van der Waals surface area contributed by atoms with Gasteiger partial charge in [-0.05, 0) is 66.8 Å². The first-order valence-electron chi connectivity index (χ1n) is 8.00. The summed E-state index contributed by atoms with van der Waals surface area (Å²) in [6.07, 6.45) is 1.99. The van der Waals surface area contributed by atoms with Gasteiger partial charge in [-0.1, -0.05) is 41.7 Å². The Morgan fingerprint density at radius 1 is 1.00 bits per heavy atom. The highest BCUT2D eigenvalue weighted by Gasteiger charge is 2.19. The predicted molar refractivity (Wildman–Crippen MR) is 114 cm³/mol. The largest absolute Gasteiger partial charge is 0.286 e. The van der Waals surface area contributed by atoms with Crippen molar-refractivity contribution in [2.75, 3.05) is 22.4 Å². The van der Waals surface area contributed by atoms with Crippen molar-refractivity contribution in [1.82, 2.24) is 0 Å². The molecule has 0 bridgehead atoms. The molecule has 0 fully saturated rings. The van der Waals surface area contributed by atoms with E-state index in [1.54, 1.807) is 42.5 Å². The monoisotopic (exact) mass is 435 g/mol. The molecule has 2 rings (SSSR count). The highest BCUT2D eigenvalue weighted by atomic mass is 35.5. The van der Waals surface area contributed by atoms with E-state index in [4.69, 9.17) is 34.8 Å². The van der Waals surface area contributed by atoms with Crippen LogP contribution in [0.1, 0.15) is 19.8 Å². The minimum atomic E-state index is -1.38. The van der Waals surface area contributed by atoms with Gasteiger partial charge in [0, 0.05) is 16.6 Å². The van der Waals surface area contributed by atoms with E-state index < -0.39 is 11.0 Å². The minimum absolute atomic E-state index is 0.537. The Labute approximate surface area is 171 Å². The summed E-state index contributed by atoms with van der Waals surface area (Å²) in [4.78, 5) is 0.684. The van der Waals surface area contributed by atoms with Crippen LogP contribution in [0.2, 0.25) is 15.1 Å². The molecular formula is C18H20Cl3NOS2. The molecule has 0 aromatic heterocycles. The SMILES string of the molecule is CCSCCCCN(c1cc(Cl)ccc1Cl)S(=O)c1ccc(Cl)cc1. The van der Waals surface area contributed by atoms with Crippen LogP contribution in [-0.2, 0) is 11.0 Å². The van der Waals surface area contributed by atoms with Crippen molar-refractivity contribution in [3.8, 4) is 0 Å². The van der Waals surface area contributed by atoms with Crippen LogP contribution in [0.3, 0.4) is 0 Å². The second-order valence-electron chi connectivity index (χ2n) is 5.30. The van der Waals surface area contributed by atoms with Crippen molar-refractivity contribution < 1.29 is 4.21 Å². The molecule has 0 aliphatic rings. The lowest BCUT2D eigenvalue weighted by Gasteiger charge is -2.25. The van der Waals surface area contributed by atoms with Crippen LogP contribution in [0, 0.1) is 0 Å². The fraction of sp³-hybridized carbons (Fsp3) is 0.333. The van der Waals surface area contributed by atoms with Gasteiger partial charge in [0.1, 0.15) is 0 Å². The first kappa shape index (κ1) is 20.9. The van der Waals surface area contributed by atoms with E-state index in [1.165, 1.54) is 0 Å². The van der Waals surface area contributed by atoms with Crippen molar-refractivity contribution >= 4 is 63.2 Å². The summed E-state index contributed by atoms with van der Waals surface area (Å²) in [6.45, 7) is 2.79. The van der Waals surface area contributed by atoms with Crippen molar-refractivity contribution in [2.45, 2.75) is 24.7 Å². The molecular weight excluding hydrogens is 417 g/mol. The number of halogens is 3. The van der Waals surface area contributed by atoms with Crippen molar-refractivity contribution in [1.29, 1.82) is 0 Å². The number of anilines is 1. The molecule has 1 unspecified atom stereocenters. The van der Waals surface area contributed by atoms with Crippen LogP contribution in [-0.4, -0.2) is 22.3 Å². The maximum atomic E-state index is 13.1. The zero-order chi connectivity index (χ0) is 18.2. The maximum absolute atomic E-state index is 13.1. The number of rotatable bonds is 9. The van der Waals surface area contributed by atoms with E-state index in [9.17, 15) is 4.21 Å². The maximum Gasteiger partial charge on any atom is 0.152 e. The van der Waals surface area contributed by atoms with E-state index in [2.05, 4.69) is 6.92 Å². The van der Waals surface area contributed by atoms with Crippen LogP contribution in [0.15, 0.2) is 47.4 Å². The molecule has 7 heteroatoms. The zero-order valence-corrected chi connectivity index (χ0v) is 17.8. The Bertz CT molecular complexity index is 710. The van der Waals surface area contributed by atoms with Gasteiger partial charge in [0.25, 0.3) is 0 Å². The average Bonchev–Trinajstić information content (AvgIpc) is 2.61. The van der Waals surface area contributed by atoms with E-state index in [-0.39, 0.29) is 0 Å². The van der Waals surface area contributed by atoms with Crippen LogP contribution in [0.4, 0.5) is 5.69 Å². The first-order chi connectivity index (χ1) is 12.0. The molecule has 2 nitrogen and oxygen atoms in total. The molecule has 25 heavy (non-hydrogen) atoms. The second-order valence-corrected chi connectivity index (χ2v) is 9.39. The topological polar surface area (TPSA) is 20.3 Å². The lowest BCUT2D eigenvalue weighted by Crippen LogP contribution is -2.27. The summed E-state index contributed by atoms with van der Waals surface area (Å²) in [5.74, 6) is 2.21. The number of hydrogen-bond acceptors (Lipinski definition) is 2. The summed E-state index contributed by atoms with van der Waals surface area (Å²) in [5.41, 5.74) is 0.686. The molecule has 2 aromatic carbocycles. The molecule has 1 atom stereocenters. The molecule has 136 valence electrons. The quantitative estimate of drug-likeness (QED) is 0.407. The van der Waals surface area contributed by atoms with Gasteiger partial charge in [-0.15, -0.1) is 0 Å². The van der Waals surface area contributed by atoms with Gasteiger partial charge in [-0.3, -0.25) is 4.31 Å². The molecule has 0 N–H and O–H groups in total. The Kier molecular flexibility index (Phi) is 8.94. The predicted octanol–water partition coefficient (Wildman–Crippen LogP) is 6.71. The number of unbranched alkanes of at least 4 members (excludes halogenated alkanes) is 1. The van der Waals surface area contributed by atoms with Gasteiger partial charge in [-0.2, -0.15) is 11.8 Å². The van der Waals surface area contributed by atoms with Crippen LogP contribution in [0.25, 0.3) is 0 Å². The van der Waals surface area contributed by atoms with Gasteiger partial charge < -0.3 is 0 Å². The van der Waals surface area contributed by atoms with Crippen LogP contribution < -0.4 is 4.31 Å². The Morgan fingerprint density at radius 3 is 2.36 bits per heavy atom. The molecule has 0 radical (unpaired) electrons. The van der Waals surface area contributed by atoms with Crippen LogP contribution in [0.5, 0.6) is 0 Å². The Morgan fingerprint density at radius 2 is 1.68 bits per heavy atom. The van der Waals surface area contributed by atoms with Gasteiger partial charge in [0.2, 0.25) is 0 Å². The highest BCUT2D eigenvalue weighted by molar-refractivity contribution is 7.99. The third-order valence-corrected chi connectivity index (χ3v) is 6.74. The lowest BCUT2D eigenvalue weighted by molar-refractivity contribution is 0.676. The van der Waals surface area contributed by atoms with E-state index in [0.29, 0.717) is 32.2 Å². The smallest absolute Gasteiger partial charge is 0.152 e. The standard InChI is InChI=1S/C18H20Cl3NOS2/c1-2-24-12-4-3-11-22(18-13-15(20)7-10-17(18)21)25(23)16-8-5-14(19)6-9-16/h5-10,13H,2-4,11-12H2,1H3. The average molecular weight is 437 g/mol. The first-order valence-corrected chi connectivity index (χ1v) is 11.4. The Balaban J connectivity index is 2.23. The van der Waals surface area contributed by atoms with E-state index >= 15 is 0 Å². The van der Waals surface area contributed by atoms with E-state index in [0.717, 1.165) is 24.3 Å². The molecule has 0 aliphatic heterocycles. The summed E-state index contributed by atoms with van der Waals surface area (Å²) >= 11 is 20.3.